The van der Waals surface area contributed by atoms with Crippen molar-refractivity contribution < 1.29 is 0 Å². The molecular formula is C12H18ClN. The molecule has 0 saturated carbocycles. The summed E-state index contributed by atoms with van der Waals surface area (Å²) in [6, 6.07) is 7.84. The van der Waals surface area contributed by atoms with Gasteiger partial charge in [-0.2, -0.15) is 0 Å². The summed E-state index contributed by atoms with van der Waals surface area (Å²) in [4.78, 5) is 0. The van der Waals surface area contributed by atoms with Crippen LogP contribution in [0.25, 0.3) is 0 Å². The molecule has 2 heteroatoms. The molecule has 1 aromatic carbocycles. The minimum atomic E-state index is -0.307. The fraction of sp³-hybridized carbons (Fsp3) is 0.500. The summed E-state index contributed by atoms with van der Waals surface area (Å²) in [5.41, 5.74) is 7.13. The largest absolute Gasteiger partial charge is 0.321 e. The van der Waals surface area contributed by atoms with Gasteiger partial charge in [0.05, 0.1) is 0 Å². The molecule has 0 radical (unpaired) electrons. The first-order chi connectivity index (χ1) is 6.52. The molecule has 1 atom stereocenters. The molecule has 0 aliphatic carbocycles. The van der Waals surface area contributed by atoms with Crippen LogP contribution >= 0.6 is 11.6 Å². The van der Waals surface area contributed by atoms with Crippen molar-refractivity contribution in [3.63, 3.8) is 0 Å². The third kappa shape index (κ3) is 1.94. The lowest BCUT2D eigenvalue weighted by atomic mass is 9.79. The summed E-state index contributed by atoms with van der Waals surface area (Å²) >= 11 is 6.15. The molecule has 0 aliphatic rings. The highest BCUT2D eigenvalue weighted by Gasteiger charge is 2.30. The molecule has 1 unspecified atom stereocenters. The maximum absolute atomic E-state index is 6.38. The minimum Gasteiger partial charge on any atom is -0.321 e. The van der Waals surface area contributed by atoms with Crippen LogP contribution in [-0.4, -0.2) is 0 Å². The van der Waals surface area contributed by atoms with E-state index in [0.29, 0.717) is 5.92 Å². The van der Waals surface area contributed by atoms with Crippen LogP contribution in [0.2, 0.25) is 5.02 Å². The molecule has 0 amide bonds. The molecule has 14 heavy (non-hydrogen) atoms. The normalized spacial score (nSPS) is 15.6. The third-order valence-corrected chi connectivity index (χ3v) is 3.32. The van der Waals surface area contributed by atoms with Crippen molar-refractivity contribution >= 4 is 11.6 Å². The fourth-order valence-electron chi connectivity index (χ4n) is 1.75. The molecule has 0 aliphatic heterocycles. The van der Waals surface area contributed by atoms with Crippen molar-refractivity contribution in [2.24, 2.45) is 11.7 Å². The molecule has 0 aromatic heterocycles. The zero-order chi connectivity index (χ0) is 10.8. The van der Waals surface area contributed by atoms with Crippen LogP contribution in [0.5, 0.6) is 0 Å². The quantitative estimate of drug-likeness (QED) is 0.813. The lowest BCUT2D eigenvalue weighted by Gasteiger charge is -2.33. The Morgan fingerprint density at radius 3 is 2.36 bits per heavy atom. The van der Waals surface area contributed by atoms with Gasteiger partial charge in [-0.05, 0) is 24.0 Å². The summed E-state index contributed by atoms with van der Waals surface area (Å²) in [5.74, 6) is 0.382. The van der Waals surface area contributed by atoms with E-state index in [1.807, 2.05) is 24.3 Å². The lowest BCUT2D eigenvalue weighted by Crippen LogP contribution is -2.41. The van der Waals surface area contributed by atoms with E-state index in [4.69, 9.17) is 17.3 Å². The van der Waals surface area contributed by atoms with E-state index < -0.39 is 0 Å². The van der Waals surface area contributed by atoms with Gasteiger partial charge in [0.15, 0.2) is 0 Å². The Morgan fingerprint density at radius 2 is 1.93 bits per heavy atom. The van der Waals surface area contributed by atoms with Gasteiger partial charge in [0.25, 0.3) is 0 Å². The molecule has 78 valence electrons. The highest BCUT2D eigenvalue weighted by Crippen LogP contribution is 2.34. The number of hydrogen-bond donors (Lipinski definition) is 1. The van der Waals surface area contributed by atoms with Gasteiger partial charge < -0.3 is 5.73 Å². The fourth-order valence-corrected chi connectivity index (χ4v) is 2.06. The Labute approximate surface area is 91.3 Å². The van der Waals surface area contributed by atoms with E-state index in [1.165, 1.54) is 0 Å². The average molecular weight is 212 g/mol. The lowest BCUT2D eigenvalue weighted by molar-refractivity contribution is 0.306. The third-order valence-electron chi connectivity index (χ3n) is 2.99. The minimum absolute atomic E-state index is 0.307. The smallest absolute Gasteiger partial charge is 0.0456 e. The molecule has 1 nitrogen and oxygen atoms in total. The summed E-state index contributed by atoms with van der Waals surface area (Å²) in [6.45, 7) is 6.36. The maximum atomic E-state index is 6.38. The standard InChI is InChI=1S/C12H18ClN/c1-4-12(14,9(2)3)10-7-5-6-8-11(10)13/h5-9H,4,14H2,1-3H3. The number of halogens is 1. The highest BCUT2D eigenvalue weighted by atomic mass is 35.5. The van der Waals surface area contributed by atoms with Crippen LogP contribution in [0.4, 0.5) is 0 Å². The van der Waals surface area contributed by atoms with Crippen molar-refractivity contribution in [2.75, 3.05) is 0 Å². The first-order valence-corrected chi connectivity index (χ1v) is 5.44. The Kier molecular flexibility index (Phi) is 3.57. The number of benzene rings is 1. The molecule has 0 heterocycles. The molecule has 0 fully saturated rings. The SMILES string of the molecule is CCC(N)(c1ccccc1Cl)C(C)C. The predicted molar refractivity (Wildman–Crippen MR) is 62.4 cm³/mol. The van der Waals surface area contributed by atoms with Crippen molar-refractivity contribution in [3.05, 3.63) is 34.9 Å². The molecule has 0 bridgehead atoms. The summed E-state index contributed by atoms with van der Waals surface area (Å²) in [6.07, 6.45) is 0.897. The van der Waals surface area contributed by atoms with Crippen LogP contribution in [-0.2, 0) is 5.54 Å². The van der Waals surface area contributed by atoms with E-state index in [1.54, 1.807) is 0 Å². The Morgan fingerprint density at radius 1 is 1.36 bits per heavy atom. The van der Waals surface area contributed by atoms with Crippen LogP contribution in [0, 0.1) is 5.92 Å². The monoisotopic (exact) mass is 211 g/mol. The van der Waals surface area contributed by atoms with Crippen molar-refractivity contribution in [2.45, 2.75) is 32.7 Å². The number of rotatable bonds is 3. The van der Waals surface area contributed by atoms with Crippen molar-refractivity contribution in [1.29, 1.82) is 0 Å². The highest BCUT2D eigenvalue weighted by molar-refractivity contribution is 6.31. The Hall–Kier alpha value is -0.530. The topological polar surface area (TPSA) is 26.0 Å². The second-order valence-electron chi connectivity index (χ2n) is 4.03. The molecular weight excluding hydrogens is 194 g/mol. The number of hydrogen-bond acceptors (Lipinski definition) is 1. The van der Waals surface area contributed by atoms with E-state index in [2.05, 4.69) is 20.8 Å². The van der Waals surface area contributed by atoms with E-state index in [-0.39, 0.29) is 5.54 Å². The van der Waals surface area contributed by atoms with Crippen molar-refractivity contribution in [3.8, 4) is 0 Å². The van der Waals surface area contributed by atoms with Crippen LogP contribution in [0.1, 0.15) is 32.8 Å². The van der Waals surface area contributed by atoms with Gasteiger partial charge in [0.1, 0.15) is 0 Å². The first-order valence-electron chi connectivity index (χ1n) is 5.06. The van der Waals surface area contributed by atoms with E-state index in [0.717, 1.165) is 17.0 Å². The average Bonchev–Trinajstić information content (AvgIpc) is 2.17. The molecule has 1 rings (SSSR count). The summed E-state index contributed by atoms with van der Waals surface area (Å²) in [5, 5.41) is 0.769. The van der Waals surface area contributed by atoms with Crippen LogP contribution in [0.3, 0.4) is 0 Å². The van der Waals surface area contributed by atoms with Crippen molar-refractivity contribution in [1.82, 2.24) is 0 Å². The van der Waals surface area contributed by atoms with E-state index in [9.17, 15) is 0 Å². The number of nitrogens with two attached hydrogens (primary N) is 1. The first kappa shape index (κ1) is 11.5. The van der Waals surface area contributed by atoms with Gasteiger partial charge in [-0.3, -0.25) is 0 Å². The van der Waals surface area contributed by atoms with Gasteiger partial charge in [-0.25, -0.2) is 0 Å². The van der Waals surface area contributed by atoms with Crippen LogP contribution < -0.4 is 5.73 Å². The zero-order valence-corrected chi connectivity index (χ0v) is 9.81. The summed E-state index contributed by atoms with van der Waals surface area (Å²) in [7, 11) is 0. The van der Waals surface area contributed by atoms with Gasteiger partial charge in [0, 0.05) is 10.6 Å². The second kappa shape index (κ2) is 4.33. The molecule has 1 aromatic rings. The van der Waals surface area contributed by atoms with Gasteiger partial charge in [0.2, 0.25) is 0 Å². The van der Waals surface area contributed by atoms with Crippen LogP contribution in [0.15, 0.2) is 24.3 Å². The molecule has 0 spiro atoms. The summed E-state index contributed by atoms with van der Waals surface area (Å²) < 4.78 is 0. The Bertz CT molecular complexity index is 309. The Balaban J connectivity index is 3.19. The van der Waals surface area contributed by atoms with Gasteiger partial charge >= 0.3 is 0 Å². The van der Waals surface area contributed by atoms with E-state index >= 15 is 0 Å². The predicted octanol–water partition coefficient (Wildman–Crippen LogP) is 3.56. The maximum Gasteiger partial charge on any atom is 0.0456 e. The molecule has 2 N–H and O–H groups in total. The van der Waals surface area contributed by atoms with Gasteiger partial charge in [-0.15, -0.1) is 0 Å². The molecule has 0 saturated heterocycles. The zero-order valence-electron chi connectivity index (χ0n) is 9.05. The second-order valence-corrected chi connectivity index (χ2v) is 4.44. The van der Waals surface area contributed by atoms with Gasteiger partial charge in [-0.1, -0.05) is 50.6 Å².